The van der Waals surface area contributed by atoms with Gasteiger partial charge in [-0.2, -0.15) is 0 Å². The van der Waals surface area contributed by atoms with Gasteiger partial charge < -0.3 is 9.13 Å². The predicted molar refractivity (Wildman–Crippen MR) is 256 cm³/mol. The number of nitrogens with zero attached hydrogens (tertiary/aromatic N) is 5. The summed E-state index contributed by atoms with van der Waals surface area (Å²) >= 11 is 0. The lowest BCUT2D eigenvalue weighted by molar-refractivity contribution is 1.07. The Morgan fingerprint density at radius 3 is 1.37 bits per heavy atom. The van der Waals surface area contributed by atoms with Gasteiger partial charge in [-0.3, -0.25) is 0 Å². The maximum Gasteiger partial charge on any atom is 0.164 e. The molecule has 0 unspecified atom stereocenters. The van der Waals surface area contributed by atoms with E-state index in [1.54, 1.807) is 0 Å². The molecule has 3 heterocycles. The minimum Gasteiger partial charge on any atom is -0.309 e. The van der Waals surface area contributed by atoms with E-state index in [1.165, 1.54) is 43.7 Å². The fourth-order valence-corrected chi connectivity index (χ4v) is 9.18. The van der Waals surface area contributed by atoms with Gasteiger partial charge in [-0.05, 0) is 65.2 Å². The maximum absolute atomic E-state index is 5.10. The molecule has 9 aromatic carbocycles. The second kappa shape index (κ2) is 14.7. The Kier molecular flexibility index (Phi) is 8.42. The van der Waals surface area contributed by atoms with Crippen LogP contribution in [0.25, 0.3) is 111 Å². The minimum atomic E-state index is 0.618. The summed E-state index contributed by atoms with van der Waals surface area (Å²) in [7, 11) is 0. The van der Waals surface area contributed by atoms with Crippen LogP contribution in [0.15, 0.2) is 224 Å². The molecule has 0 aliphatic heterocycles. The third kappa shape index (κ3) is 5.90. The number of aromatic nitrogens is 5. The van der Waals surface area contributed by atoms with Crippen molar-refractivity contribution in [2.75, 3.05) is 0 Å². The van der Waals surface area contributed by atoms with Crippen LogP contribution < -0.4 is 0 Å². The van der Waals surface area contributed by atoms with E-state index in [0.717, 1.165) is 50.2 Å². The summed E-state index contributed by atoms with van der Waals surface area (Å²) in [6, 6.07) is 79.4. The molecule has 12 aromatic rings. The van der Waals surface area contributed by atoms with Crippen molar-refractivity contribution in [1.82, 2.24) is 24.1 Å². The SMILES string of the molecule is c1ccc(-c2nc(-c3ccccc3)nc(-c3cccc(-n4c5ccccc5c5cccc(-c6cc7c8ccccc8n(-c8ccccc8)c7cc6-c6ccccc6)c54)c3)n2)cc1. The van der Waals surface area contributed by atoms with Crippen molar-refractivity contribution >= 4 is 43.6 Å². The van der Waals surface area contributed by atoms with Crippen LogP contribution in [-0.2, 0) is 0 Å². The Morgan fingerprint density at radius 1 is 0.258 bits per heavy atom. The van der Waals surface area contributed by atoms with Gasteiger partial charge in [0.1, 0.15) is 0 Å². The van der Waals surface area contributed by atoms with Crippen molar-refractivity contribution in [3.8, 4) is 67.8 Å². The van der Waals surface area contributed by atoms with Gasteiger partial charge in [0.2, 0.25) is 0 Å². The molecule has 290 valence electrons. The van der Waals surface area contributed by atoms with Crippen molar-refractivity contribution in [2.24, 2.45) is 0 Å². The summed E-state index contributed by atoms with van der Waals surface area (Å²) in [6.45, 7) is 0. The highest BCUT2D eigenvalue weighted by Crippen LogP contribution is 2.45. The highest BCUT2D eigenvalue weighted by atomic mass is 15.0. The highest BCUT2D eigenvalue weighted by Gasteiger charge is 2.22. The second-order valence-corrected chi connectivity index (χ2v) is 15.6. The number of para-hydroxylation sites is 4. The number of hydrogen-bond donors (Lipinski definition) is 0. The molecule has 0 amide bonds. The van der Waals surface area contributed by atoms with Gasteiger partial charge in [0.05, 0.1) is 22.1 Å². The molecule has 5 nitrogen and oxygen atoms in total. The number of benzene rings is 9. The zero-order valence-corrected chi connectivity index (χ0v) is 33.6. The van der Waals surface area contributed by atoms with E-state index < -0.39 is 0 Å². The lowest BCUT2D eigenvalue weighted by Gasteiger charge is -2.17. The lowest BCUT2D eigenvalue weighted by Crippen LogP contribution is -2.01. The molecule has 0 saturated carbocycles. The van der Waals surface area contributed by atoms with Crippen LogP contribution in [0, 0.1) is 0 Å². The van der Waals surface area contributed by atoms with Gasteiger partial charge in [-0.1, -0.05) is 176 Å². The Labute approximate surface area is 358 Å². The van der Waals surface area contributed by atoms with E-state index in [4.69, 9.17) is 15.0 Å². The summed E-state index contributed by atoms with van der Waals surface area (Å²) < 4.78 is 4.82. The molecule has 5 heteroatoms. The fourth-order valence-electron chi connectivity index (χ4n) is 9.18. The van der Waals surface area contributed by atoms with Crippen LogP contribution in [0.5, 0.6) is 0 Å². The Balaban J connectivity index is 1.12. The van der Waals surface area contributed by atoms with Crippen LogP contribution in [0.4, 0.5) is 0 Å². The molecule has 0 aliphatic carbocycles. The van der Waals surface area contributed by atoms with E-state index >= 15 is 0 Å². The Bertz CT molecular complexity index is 3550. The maximum atomic E-state index is 5.10. The molecular weight excluding hydrogens is 755 g/mol. The molecule has 0 bridgehead atoms. The van der Waals surface area contributed by atoms with Crippen molar-refractivity contribution < 1.29 is 0 Å². The van der Waals surface area contributed by atoms with Gasteiger partial charge in [0.25, 0.3) is 0 Å². The molecule has 0 N–H and O–H groups in total. The van der Waals surface area contributed by atoms with Crippen molar-refractivity contribution in [2.45, 2.75) is 0 Å². The summed E-state index contributed by atoms with van der Waals surface area (Å²) in [5.41, 5.74) is 14.2. The monoisotopic (exact) mass is 791 g/mol. The standard InChI is InChI=1S/C57H37N5/c1-5-19-38(20-6-1)48-37-53-50(45-30-14-15-33-51(45)61(53)42-26-11-4-12-27-42)36-49(48)47-32-18-31-46-44-29-13-16-34-52(44)62(54(46)47)43-28-17-25-41(35-43)57-59-55(39-21-7-2-8-22-39)58-56(60-57)40-23-9-3-10-24-40/h1-37H. The Morgan fingerprint density at radius 2 is 0.726 bits per heavy atom. The van der Waals surface area contributed by atoms with Gasteiger partial charge in [-0.15, -0.1) is 0 Å². The van der Waals surface area contributed by atoms with Gasteiger partial charge in [0.15, 0.2) is 17.5 Å². The molecule has 0 fully saturated rings. The van der Waals surface area contributed by atoms with Gasteiger partial charge >= 0.3 is 0 Å². The summed E-state index contributed by atoms with van der Waals surface area (Å²) in [5.74, 6) is 1.89. The number of fused-ring (bicyclic) bond motifs is 6. The van der Waals surface area contributed by atoms with E-state index in [2.05, 4.69) is 173 Å². The highest BCUT2D eigenvalue weighted by molar-refractivity contribution is 6.17. The topological polar surface area (TPSA) is 48.5 Å². The van der Waals surface area contributed by atoms with Gasteiger partial charge in [0, 0.05) is 55.2 Å². The molecule has 0 aliphatic rings. The van der Waals surface area contributed by atoms with Crippen LogP contribution in [0.2, 0.25) is 0 Å². The summed E-state index contributed by atoms with van der Waals surface area (Å²) in [5, 5.41) is 4.80. The Hall–Kier alpha value is -8.41. The van der Waals surface area contributed by atoms with Gasteiger partial charge in [-0.25, -0.2) is 15.0 Å². The molecule has 0 saturated heterocycles. The van der Waals surface area contributed by atoms with E-state index in [0.29, 0.717) is 17.5 Å². The first-order valence-electron chi connectivity index (χ1n) is 21.0. The number of hydrogen-bond acceptors (Lipinski definition) is 3. The third-order valence-corrected chi connectivity index (χ3v) is 12.0. The molecule has 3 aromatic heterocycles. The molecular formula is C57H37N5. The average Bonchev–Trinajstić information content (AvgIpc) is 3.87. The second-order valence-electron chi connectivity index (χ2n) is 15.6. The fraction of sp³-hybridized carbons (Fsp3) is 0. The van der Waals surface area contributed by atoms with Crippen LogP contribution in [-0.4, -0.2) is 24.1 Å². The zero-order valence-electron chi connectivity index (χ0n) is 33.6. The van der Waals surface area contributed by atoms with Crippen LogP contribution in [0.3, 0.4) is 0 Å². The van der Waals surface area contributed by atoms with E-state index in [-0.39, 0.29) is 0 Å². The normalized spacial score (nSPS) is 11.5. The molecule has 12 rings (SSSR count). The van der Waals surface area contributed by atoms with Crippen molar-refractivity contribution in [1.29, 1.82) is 0 Å². The lowest BCUT2D eigenvalue weighted by atomic mass is 9.91. The van der Waals surface area contributed by atoms with Crippen molar-refractivity contribution in [3.05, 3.63) is 224 Å². The van der Waals surface area contributed by atoms with E-state index in [1.807, 2.05) is 60.7 Å². The van der Waals surface area contributed by atoms with Crippen molar-refractivity contribution in [3.63, 3.8) is 0 Å². The molecule has 0 radical (unpaired) electrons. The first-order valence-corrected chi connectivity index (χ1v) is 21.0. The molecule has 0 spiro atoms. The zero-order chi connectivity index (χ0) is 41.0. The predicted octanol–water partition coefficient (Wildman–Crippen LogP) is 14.4. The number of rotatable bonds is 7. The smallest absolute Gasteiger partial charge is 0.164 e. The summed E-state index contributed by atoms with van der Waals surface area (Å²) in [6.07, 6.45) is 0. The first-order chi connectivity index (χ1) is 30.8. The summed E-state index contributed by atoms with van der Waals surface area (Å²) in [4.78, 5) is 15.2. The molecule has 62 heavy (non-hydrogen) atoms. The van der Waals surface area contributed by atoms with E-state index in [9.17, 15) is 0 Å². The minimum absolute atomic E-state index is 0.618. The quantitative estimate of drug-likeness (QED) is 0.162. The van der Waals surface area contributed by atoms with Crippen LogP contribution in [0.1, 0.15) is 0 Å². The third-order valence-electron chi connectivity index (χ3n) is 12.0. The molecule has 0 atom stereocenters. The largest absolute Gasteiger partial charge is 0.309 e. The average molecular weight is 792 g/mol. The first kappa shape index (κ1) is 35.5. The van der Waals surface area contributed by atoms with Crippen LogP contribution >= 0.6 is 0 Å².